The van der Waals surface area contributed by atoms with Crippen molar-refractivity contribution < 1.29 is 9.90 Å². The van der Waals surface area contributed by atoms with Crippen molar-refractivity contribution in [3.8, 4) is 0 Å². The van der Waals surface area contributed by atoms with Crippen molar-refractivity contribution >= 4 is 11.6 Å². The molecule has 0 spiro atoms. The Kier molecular flexibility index (Phi) is 4.93. The number of hydrogen-bond acceptors (Lipinski definition) is 3. The van der Waals surface area contributed by atoms with Crippen molar-refractivity contribution in [1.29, 1.82) is 0 Å². The van der Waals surface area contributed by atoms with Gasteiger partial charge in [0.1, 0.15) is 0 Å². The standard InChI is InChI=1S/C15H22N2O2/c1-11-3-2-4-13(7-11)17-15(19)10-16-9-12-5-6-14(18)8-12/h2-4,7,12,14,16,18H,5-6,8-10H2,1H3,(H,17,19). The Morgan fingerprint density at radius 3 is 2.95 bits per heavy atom. The zero-order valence-corrected chi connectivity index (χ0v) is 11.4. The van der Waals surface area contributed by atoms with Gasteiger partial charge in [0.2, 0.25) is 5.91 Å². The highest BCUT2D eigenvalue weighted by Gasteiger charge is 2.22. The molecule has 4 heteroatoms. The average Bonchev–Trinajstić information content (AvgIpc) is 2.75. The second kappa shape index (κ2) is 6.68. The fourth-order valence-corrected chi connectivity index (χ4v) is 2.55. The highest BCUT2D eigenvalue weighted by atomic mass is 16.3. The Balaban J connectivity index is 1.67. The summed E-state index contributed by atoms with van der Waals surface area (Å²) in [5.74, 6) is 0.478. The lowest BCUT2D eigenvalue weighted by molar-refractivity contribution is -0.115. The highest BCUT2D eigenvalue weighted by Crippen LogP contribution is 2.24. The summed E-state index contributed by atoms with van der Waals surface area (Å²) in [6.45, 7) is 3.12. The normalized spacial score (nSPS) is 22.4. The Morgan fingerprint density at radius 1 is 1.42 bits per heavy atom. The summed E-state index contributed by atoms with van der Waals surface area (Å²) in [7, 11) is 0. The van der Waals surface area contributed by atoms with Gasteiger partial charge in [-0.2, -0.15) is 0 Å². The van der Waals surface area contributed by atoms with Gasteiger partial charge in [-0.3, -0.25) is 4.79 Å². The number of amides is 1. The maximum absolute atomic E-state index is 11.7. The van der Waals surface area contributed by atoms with E-state index in [1.54, 1.807) is 0 Å². The second-order valence-electron chi connectivity index (χ2n) is 5.38. The summed E-state index contributed by atoms with van der Waals surface area (Å²) >= 11 is 0. The number of carbonyl (C=O) groups excluding carboxylic acids is 1. The van der Waals surface area contributed by atoms with Crippen LogP contribution in [0, 0.1) is 12.8 Å². The van der Waals surface area contributed by atoms with Gasteiger partial charge in [0.25, 0.3) is 0 Å². The van der Waals surface area contributed by atoms with E-state index < -0.39 is 0 Å². The lowest BCUT2D eigenvalue weighted by atomic mass is 10.1. The Labute approximate surface area is 114 Å². The van der Waals surface area contributed by atoms with Gasteiger partial charge >= 0.3 is 0 Å². The van der Waals surface area contributed by atoms with Crippen LogP contribution >= 0.6 is 0 Å². The van der Waals surface area contributed by atoms with E-state index in [1.165, 1.54) is 0 Å². The summed E-state index contributed by atoms with van der Waals surface area (Å²) in [5.41, 5.74) is 1.97. The summed E-state index contributed by atoms with van der Waals surface area (Å²) in [6, 6.07) is 7.76. The van der Waals surface area contributed by atoms with Gasteiger partial charge in [-0.05, 0) is 56.3 Å². The quantitative estimate of drug-likeness (QED) is 0.756. The van der Waals surface area contributed by atoms with Gasteiger partial charge in [-0.25, -0.2) is 0 Å². The third-order valence-corrected chi connectivity index (χ3v) is 3.53. The van der Waals surface area contributed by atoms with Crippen LogP contribution in [0.25, 0.3) is 0 Å². The summed E-state index contributed by atoms with van der Waals surface area (Å²) in [4.78, 5) is 11.7. The second-order valence-corrected chi connectivity index (χ2v) is 5.38. The van der Waals surface area contributed by atoms with Crippen molar-refractivity contribution in [3.05, 3.63) is 29.8 Å². The van der Waals surface area contributed by atoms with Gasteiger partial charge < -0.3 is 15.7 Å². The van der Waals surface area contributed by atoms with Gasteiger partial charge in [0, 0.05) is 5.69 Å². The number of hydrogen-bond donors (Lipinski definition) is 3. The Morgan fingerprint density at radius 2 is 2.26 bits per heavy atom. The fourth-order valence-electron chi connectivity index (χ4n) is 2.55. The molecule has 0 aliphatic heterocycles. The molecule has 3 N–H and O–H groups in total. The smallest absolute Gasteiger partial charge is 0.238 e. The topological polar surface area (TPSA) is 61.4 Å². The van der Waals surface area contributed by atoms with Crippen LogP contribution in [0.4, 0.5) is 5.69 Å². The third-order valence-electron chi connectivity index (χ3n) is 3.53. The van der Waals surface area contributed by atoms with Crippen LogP contribution < -0.4 is 10.6 Å². The zero-order chi connectivity index (χ0) is 13.7. The molecule has 0 bridgehead atoms. The predicted molar refractivity (Wildman–Crippen MR) is 76.0 cm³/mol. The highest BCUT2D eigenvalue weighted by molar-refractivity contribution is 5.92. The maximum Gasteiger partial charge on any atom is 0.238 e. The molecule has 0 radical (unpaired) electrons. The molecule has 104 valence electrons. The van der Waals surface area contributed by atoms with Gasteiger partial charge in [-0.15, -0.1) is 0 Å². The van der Waals surface area contributed by atoms with Crippen molar-refractivity contribution in [2.75, 3.05) is 18.4 Å². The number of carbonyl (C=O) groups is 1. The number of aryl methyl sites for hydroxylation is 1. The molecular weight excluding hydrogens is 240 g/mol. The Hall–Kier alpha value is -1.39. The summed E-state index contributed by atoms with van der Waals surface area (Å²) < 4.78 is 0. The van der Waals surface area contributed by atoms with Crippen LogP contribution in [0.1, 0.15) is 24.8 Å². The number of nitrogens with one attached hydrogen (secondary N) is 2. The molecule has 1 saturated carbocycles. The van der Waals surface area contributed by atoms with E-state index in [0.717, 1.165) is 37.1 Å². The number of benzene rings is 1. The van der Waals surface area contributed by atoms with Crippen LogP contribution in [0.15, 0.2) is 24.3 Å². The fraction of sp³-hybridized carbons (Fsp3) is 0.533. The van der Waals surface area contributed by atoms with E-state index in [2.05, 4.69) is 10.6 Å². The molecule has 1 aromatic carbocycles. The summed E-state index contributed by atoms with van der Waals surface area (Å²) in [6.07, 6.45) is 2.65. The van der Waals surface area contributed by atoms with E-state index in [1.807, 2.05) is 31.2 Å². The average molecular weight is 262 g/mol. The van der Waals surface area contributed by atoms with Gasteiger partial charge in [0.05, 0.1) is 12.6 Å². The first-order valence-electron chi connectivity index (χ1n) is 6.89. The predicted octanol–water partition coefficient (Wildman–Crippen LogP) is 1.68. The molecule has 2 unspecified atom stereocenters. The van der Waals surface area contributed by atoms with Crippen molar-refractivity contribution in [1.82, 2.24) is 5.32 Å². The SMILES string of the molecule is Cc1cccc(NC(=O)CNCC2CCC(O)C2)c1. The molecule has 0 aromatic heterocycles. The van der Waals surface area contributed by atoms with E-state index in [9.17, 15) is 9.90 Å². The number of aliphatic hydroxyl groups is 1. The molecule has 1 aliphatic carbocycles. The van der Waals surface area contributed by atoms with E-state index in [-0.39, 0.29) is 12.0 Å². The molecule has 1 aromatic rings. The molecule has 1 amide bonds. The maximum atomic E-state index is 11.7. The molecular formula is C15H22N2O2. The minimum atomic E-state index is -0.145. The van der Waals surface area contributed by atoms with Crippen LogP contribution in [-0.2, 0) is 4.79 Å². The molecule has 2 atom stereocenters. The lowest BCUT2D eigenvalue weighted by Gasteiger charge is -2.11. The molecule has 19 heavy (non-hydrogen) atoms. The van der Waals surface area contributed by atoms with E-state index in [4.69, 9.17) is 0 Å². The first-order chi connectivity index (χ1) is 9.13. The minimum absolute atomic E-state index is 0.0239. The minimum Gasteiger partial charge on any atom is -0.393 e. The number of aliphatic hydroxyl groups excluding tert-OH is 1. The molecule has 2 rings (SSSR count). The molecule has 4 nitrogen and oxygen atoms in total. The van der Waals surface area contributed by atoms with Crippen molar-refractivity contribution in [3.63, 3.8) is 0 Å². The van der Waals surface area contributed by atoms with Crippen molar-refractivity contribution in [2.45, 2.75) is 32.3 Å². The van der Waals surface area contributed by atoms with Crippen LogP contribution in [0.5, 0.6) is 0 Å². The lowest BCUT2D eigenvalue weighted by Crippen LogP contribution is -2.31. The van der Waals surface area contributed by atoms with E-state index >= 15 is 0 Å². The summed E-state index contributed by atoms with van der Waals surface area (Å²) in [5, 5.41) is 15.4. The van der Waals surface area contributed by atoms with Gasteiger partial charge in [-0.1, -0.05) is 12.1 Å². The van der Waals surface area contributed by atoms with Crippen LogP contribution in [0.3, 0.4) is 0 Å². The molecule has 1 fully saturated rings. The van der Waals surface area contributed by atoms with Crippen LogP contribution in [-0.4, -0.2) is 30.2 Å². The molecule has 0 heterocycles. The largest absolute Gasteiger partial charge is 0.393 e. The first kappa shape index (κ1) is 14.0. The van der Waals surface area contributed by atoms with E-state index in [0.29, 0.717) is 12.5 Å². The molecule has 0 saturated heterocycles. The van der Waals surface area contributed by atoms with Gasteiger partial charge in [0.15, 0.2) is 0 Å². The van der Waals surface area contributed by atoms with Crippen LogP contribution in [0.2, 0.25) is 0 Å². The zero-order valence-electron chi connectivity index (χ0n) is 11.4. The Bertz CT molecular complexity index is 434. The monoisotopic (exact) mass is 262 g/mol. The first-order valence-corrected chi connectivity index (χ1v) is 6.89. The number of rotatable bonds is 5. The number of anilines is 1. The third kappa shape index (κ3) is 4.65. The molecule has 1 aliphatic rings. The van der Waals surface area contributed by atoms with Crippen molar-refractivity contribution in [2.24, 2.45) is 5.92 Å².